The van der Waals surface area contributed by atoms with Crippen LogP contribution in [-0.2, 0) is 5.41 Å². The van der Waals surface area contributed by atoms with Crippen LogP contribution in [0.5, 0.6) is 17.2 Å². The average molecular weight is 755 g/mol. The highest BCUT2D eigenvalue weighted by molar-refractivity contribution is 5.51. The zero-order chi connectivity index (χ0) is 39.4. The molecule has 5 aliphatic carbocycles. The van der Waals surface area contributed by atoms with Gasteiger partial charge >= 0.3 is 0 Å². The monoisotopic (exact) mass is 755 g/mol. The third-order valence-corrected chi connectivity index (χ3v) is 16.9. The second-order valence-corrected chi connectivity index (χ2v) is 19.9. The standard InChI is InChI=1S/C52H70N2O2/c1-8-9-10-33(2)44-20-21-45-43-19-11-39-32-52(28-27-50(39,6)46(43)25-26-51(44,45)7,37-12-23-48(35(4)29-37)55-41-16-14-40(53)15-17-41)38-13-24-49(36(5)30-38)56-42-18-22-47(54)34(3)31-42/h12-18,22-24,29-30,33-34,39,43-46H,8-11,19-21,25-28,31-32,53-54H2,1-7H3. The average Bonchev–Trinajstić information content (AvgIpc) is 3.55. The summed E-state index contributed by atoms with van der Waals surface area (Å²) >= 11 is 0. The summed E-state index contributed by atoms with van der Waals surface area (Å²) in [6.07, 6.45) is 21.3. The highest BCUT2D eigenvalue weighted by atomic mass is 16.5. The molecule has 0 aliphatic heterocycles. The lowest BCUT2D eigenvalue weighted by molar-refractivity contribution is -0.122. The molecule has 3 aromatic carbocycles. The van der Waals surface area contributed by atoms with Crippen molar-refractivity contribution in [2.75, 3.05) is 5.73 Å². The molecule has 0 saturated heterocycles. The van der Waals surface area contributed by atoms with Crippen LogP contribution < -0.4 is 20.9 Å². The number of nitrogens with two attached hydrogens (primary N) is 2. The number of unbranched alkanes of at least 4 members (excludes halogenated alkanes) is 1. The number of benzene rings is 3. The number of rotatable bonds is 10. The topological polar surface area (TPSA) is 70.5 Å². The zero-order valence-electron chi connectivity index (χ0n) is 35.6. The van der Waals surface area contributed by atoms with Crippen molar-refractivity contribution in [3.05, 3.63) is 107 Å². The van der Waals surface area contributed by atoms with Crippen LogP contribution in [0.1, 0.15) is 140 Å². The van der Waals surface area contributed by atoms with Crippen molar-refractivity contribution in [3.8, 4) is 17.2 Å². The molecule has 10 unspecified atom stereocenters. The normalized spacial score (nSPS) is 34.3. The highest BCUT2D eigenvalue weighted by Gasteiger charge is 2.62. The SMILES string of the molecule is CCCCC(C)C1CCC2C3CCC4CC(c5ccc(OC6=CC=C(N)C(C)C6)c(C)c5)(c5ccc(Oc6ccc(N)cc6)c(C)c5)CCC4(C)C3CCC12C. The summed E-state index contributed by atoms with van der Waals surface area (Å²) in [5.41, 5.74) is 19.9. The lowest BCUT2D eigenvalue weighted by Crippen LogP contribution is -2.55. The number of ether oxygens (including phenoxy) is 2. The van der Waals surface area contributed by atoms with Gasteiger partial charge in [-0.2, -0.15) is 0 Å². The summed E-state index contributed by atoms with van der Waals surface area (Å²) in [6, 6.07) is 21.9. The van der Waals surface area contributed by atoms with E-state index in [9.17, 15) is 0 Å². The van der Waals surface area contributed by atoms with E-state index in [-0.39, 0.29) is 5.41 Å². The van der Waals surface area contributed by atoms with Crippen LogP contribution in [0.3, 0.4) is 0 Å². The summed E-state index contributed by atoms with van der Waals surface area (Å²) in [5, 5.41) is 0. The maximum atomic E-state index is 6.57. The van der Waals surface area contributed by atoms with Crippen LogP contribution in [0.4, 0.5) is 5.69 Å². The zero-order valence-corrected chi connectivity index (χ0v) is 35.6. The number of aryl methyl sites for hydroxylation is 2. The molecule has 0 aromatic heterocycles. The van der Waals surface area contributed by atoms with Gasteiger partial charge in [0.2, 0.25) is 0 Å². The number of nitrogen functional groups attached to an aromatic ring is 1. The van der Waals surface area contributed by atoms with Gasteiger partial charge in [-0.3, -0.25) is 0 Å². The van der Waals surface area contributed by atoms with Crippen molar-refractivity contribution in [2.45, 2.75) is 137 Å². The molecular weight excluding hydrogens is 685 g/mol. The number of fused-ring (bicyclic) bond motifs is 5. The van der Waals surface area contributed by atoms with Crippen molar-refractivity contribution in [3.63, 3.8) is 0 Å². The maximum absolute atomic E-state index is 6.57. The molecule has 10 atom stereocenters. The van der Waals surface area contributed by atoms with E-state index in [2.05, 4.69) is 84.9 Å². The minimum Gasteiger partial charge on any atom is -0.461 e. The molecule has 3 aromatic rings. The van der Waals surface area contributed by atoms with Gasteiger partial charge in [0, 0.05) is 29.1 Å². The van der Waals surface area contributed by atoms with Gasteiger partial charge in [-0.25, -0.2) is 0 Å². The van der Waals surface area contributed by atoms with Crippen molar-refractivity contribution in [1.82, 2.24) is 0 Å². The first-order valence-electron chi connectivity index (χ1n) is 22.4. The van der Waals surface area contributed by atoms with Gasteiger partial charge in [0.1, 0.15) is 23.0 Å². The van der Waals surface area contributed by atoms with E-state index >= 15 is 0 Å². The van der Waals surface area contributed by atoms with Gasteiger partial charge in [-0.15, -0.1) is 0 Å². The third kappa shape index (κ3) is 6.89. The summed E-state index contributed by atoms with van der Waals surface area (Å²) in [7, 11) is 0. The van der Waals surface area contributed by atoms with E-state index in [1.807, 2.05) is 36.4 Å². The van der Waals surface area contributed by atoms with Gasteiger partial charge in [0.05, 0.1) is 0 Å². The Labute approximate surface area is 338 Å². The molecule has 4 N–H and O–H groups in total. The molecule has 56 heavy (non-hydrogen) atoms. The van der Waals surface area contributed by atoms with Crippen LogP contribution in [0, 0.1) is 66.1 Å². The van der Waals surface area contributed by atoms with Gasteiger partial charge in [-0.1, -0.05) is 78.1 Å². The maximum Gasteiger partial charge on any atom is 0.130 e. The van der Waals surface area contributed by atoms with E-state index in [0.29, 0.717) is 22.7 Å². The number of hydrogen-bond donors (Lipinski definition) is 2. The van der Waals surface area contributed by atoms with Crippen molar-refractivity contribution < 1.29 is 9.47 Å². The first-order valence-corrected chi connectivity index (χ1v) is 22.4. The van der Waals surface area contributed by atoms with Crippen molar-refractivity contribution >= 4 is 5.69 Å². The fraction of sp³-hybridized carbons (Fsp3) is 0.577. The van der Waals surface area contributed by atoms with Gasteiger partial charge in [0.15, 0.2) is 0 Å². The lowest BCUT2D eigenvalue weighted by Gasteiger charge is -2.63. The Balaban J connectivity index is 1.10. The Bertz CT molecular complexity index is 1960. The minimum atomic E-state index is -0.0725. The summed E-state index contributed by atoms with van der Waals surface area (Å²) in [6.45, 7) is 17.1. The number of hydrogen-bond acceptors (Lipinski definition) is 4. The Morgan fingerprint density at radius 3 is 2.09 bits per heavy atom. The molecule has 300 valence electrons. The molecular formula is C52H70N2O2. The third-order valence-electron chi connectivity index (χ3n) is 16.9. The molecule has 4 heteroatoms. The summed E-state index contributed by atoms with van der Waals surface area (Å²) in [4.78, 5) is 0. The molecule has 0 bridgehead atoms. The smallest absolute Gasteiger partial charge is 0.130 e. The molecule has 8 rings (SSSR count). The lowest BCUT2D eigenvalue weighted by atomic mass is 9.42. The second-order valence-electron chi connectivity index (χ2n) is 19.9. The molecule has 5 aliphatic rings. The molecule has 0 radical (unpaired) electrons. The number of allylic oxidation sites excluding steroid dienone is 4. The van der Waals surface area contributed by atoms with Crippen LogP contribution >= 0.6 is 0 Å². The van der Waals surface area contributed by atoms with E-state index in [0.717, 1.165) is 70.4 Å². The number of anilines is 1. The largest absolute Gasteiger partial charge is 0.461 e. The Morgan fingerprint density at radius 1 is 0.750 bits per heavy atom. The van der Waals surface area contributed by atoms with Crippen molar-refractivity contribution in [2.24, 2.45) is 58.0 Å². The van der Waals surface area contributed by atoms with Crippen LogP contribution in [0.25, 0.3) is 0 Å². The van der Waals surface area contributed by atoms with Crippen LogP contribution in [0.15, 0.2) is 84.3 Å². The molecule has 4 saturated carbocycles. The molecule has 0 heterocycles. The van der Waals surface area contributed by atoms with Crippen molar-refractivity contribution in [1.29, 1.82) is 0 Å². The predicted molar refractivity (Wildman–Crippen MR) is 233 cm³/mol. The van der Waals surface area contributed by atoms with Gasteiger partial charge < -0.3 is 20.9 Å². The highest BCUT2D eigenvalue weighted by Crippen LogP contribution is 2.70. The first-order chi connectivity index (χ1) is 26.8. The molecule has 4 fully saturated rings. The van der Waals surface area contributed by atoms with E-state index in [1.165, 1.54) is 99.3 Å². The fourth-order valence-corrected chi connectivity index (χ4v) is 13.5. The molecule has 0 amide bonds. The van der Waals surface area contributed by atoms with E-state index < -0.39 is 0 Å². The Hall–Kier alpha value is -3.66. The minimum absolute atomic E-state index is 0.0725. The predicted octanol–water partition coefficient (Wildman–Crippen LogP) is 13.6. The summed E-state index contributed by atoms with van der Waals surface area (Å²) in [5.74, 6) is 9.12. The van der Waals surface area contributed by atoms with E-state index in [4.69, 9.17) is 20.9 Å². The van der Waals surface area contributed by atoms with Crippen LogP contribution in [-0.4, -0.2) is 0 Å². The fourth-order valence-electron chi connectivity index (χ4n) is 13.5. The Morgan fingerprint density at radius 2 is 1.43 bits per heavy atom. The quantitative estimate of drug-likeness (QED) is 0.202. The first kappa shape index (κ1) is 39.2. The van der Waals surface area contributed by atoms with Crippen LogP contribution in [0.2, 0.25) is 0 Å². The molecule has 4 nitrogen and oxygen atoms in total. The van der Waals surface area contributed by atoms with Gasteiger partial charge in [-0.05, 0) is 189 Å². The van der Waals surface area contributed by atoms with E-state index in [1.54, 1.807) is 0 Å². The summed E-state index contributed by atoms with van der Waals surface area (Å²) < 4.78 is 13.0. The second kappa shape index (κ2) is 15.3. The Kier molecular flexibility index (Phi) is 10.7. The molecule has 0 spiro atoms. The van der Waals surface area contributed by atoms with Gasteiger partial charge in [0.25, 0.3) is 0 Å².